The summed E-state index contributed by atoms with van der Waals surface area (Å²) in [6.45, 7) is 6.15. The fraction of sp³-hybridized carbons (Fsp3) is 0.571. The molecule has 0 unspecified atom stereocenters. The second kappa shape index (κ2) is 5.35. The van der Waals surface area contributed by atoms with Gasteiger partial charge in [0.1, 0.15) is 5.75 Å². The quantitative estimate of drug-likeness (QED) is 0.765. The fourth-order valence-corrected chi connectivity index (χ4v) is 2.20. The van der Waals surface area contributed by atoms with E-state index in [1.807, 2.05) is 6.07 Å². The number of piperidine rings is 1. The van der Waals surface area contributed by atoms with Gasteiger partial charge < -0.3 is 4.74 Å². The van der Waals surface area contributed by atoms with Crippen LogP contribution in [-0.4, -0.2) is 19.2 Å². The normalized spacial score (nSPS) is 17.7. The molecule has 0 bridgehead atoms. The number of hydrogen-bond acceptors (Lipinski definition) is 1. The van der Waals surface area contributed by atoms with Crippen LogP contribution in [0.25, 0.3) is 0 Å². The third-order valence-corrected chi connectivity index (χ3v) is 2.97. The summed E-state index contributed by atoms with van der Waals surface area (Å²) in [4.78, 5) is 0. The largest absolute Gasteiger partial charge is 0.491 e. The lowest BCUT2D eigenvalue weighted by atomic mass is 9.90. The number of ether oxygens (including phenoxy) is 1. The first-order valence-corrected chi connectivity index (χ1v) is 6.15. The SMILES string of the molecule is CC(C)Oc1cccc(C2CC[N]CC2)c1. The monoisotopic (exact) mass is 218 g/mol. The smallest absolute Gasteiger partial charge is 0.119 e. The molecule has 0 amide bonds. The Labute approximate surface area is 98.0 Å². The van der Waals surface area contributed by atoms with Crippen molar-refractivity contribution >= 4 is 0 Å². The first-order valence-electron chi connectivity index (χ1n) is 6.15. The second-order valence-electron chi connectivity index (χ2n) is 4.68. The fourth-order valence-electron chi connectivity index (χ4n) is 2.20. The molecule has 1 aliphatic rings. The van der Waals surface area contributed by atoms with Crippen molar-refractivity contribution in [1.29, 1.82) is 0 Å². The molecule has 1 aliphatic heterocycles. The van der Waals surface area contributed by atoms with Gasteiger partial charge in [-0.15, -0.1) is 0 Å². The van der Waals surface area contributed by atoms with Crippen molar-refractivity contribution in [3.8, 4) is 5.75 Å². The molecule has 1 saturated heterocycles. The second-order valence-corrected chi connectivity index (χ2v) is 4.68. The Balaban J connectivity index is 2.08. The van der Waals surface area contributed by atoms with Crippen LogP contribution in [-0.2, 0) is 0 Å². The van der Waals surface area contributed by atoms with E-state index in [2.05, 4.69) is 37.4 Å². The highest BCUT2D eigenvalue weighted by molar-refractivity contribution is 5.31. The first-order chi connectivity index (χ1) is 7.75. The molecule has 0 spiro atoms. The molecule has 1 fully saturated rings. The van der Waals surface area contributed by atoms with Crippen LogP contribution in [0.15, 0.2) is 24.3 Å². The third-order valence-electron chi connectivity index (χ3n) is 2.97. The van der Waals surface area contributed by atoms with E-state index in [0.29, 0.717) is 5.92 Å². The summed E-state index contributed by atoms with van der Waals surface area (Å²) in [5.41, 5.74) is 1.41. The standard InChI is InChI=1S/C14H20NO/c1-11(2)16-14-5-3-4-13(10-14)12-6-8-15-9-7-12/h3-5,10-12H,6-9H2,1-2H3. The van der Waals surface area contributed by atoms with Gasteiger partial charge in [0.2, 0.25) is 0 Å². The van der Waals surface area contributed by atoms with Gasteiger partial charge in [0.25, 0.3) is 0 Å². The van der Waals surface area contributed by atoms with Crippen LogP contribution in [0.4, 0.5) is 0 Å². The van der Waals surface area contributed by atoms with E-state index in [-0.39, 0.29) is 6.10 Å². The van der Waals surface area contributed by atoms with Gasteiger partial charge in [0.15, 0.2) is 0 Å². The van der Waals surface area contributed by atoms with Gasteiger partial charge >= 0.3 is 0 Å². The van der Waals surface area contributed by atoms with Gasteiger partial charge in [-0.25, -0.2) is 5.32 Å². The Morgan fingerprint density at radius 1 is 1.25 bits per heavy atom. The van der Waals surface area contributed by atoms with Crippen molar-refractivity contribution in [3.63, 3.8) is 0 Å². The first kappa shape index (κ1) is 11.5. The van der Waals surface area contributed by atoms with Crippen molar-refractivity contribution in [2.45, 2.75) is 38.7 Å². The number of benzene rings is 1. The summed E-state index contributed by atoms with van der Waals surface area (Å²) < 4.78 is 5.72. The zero-order valence-electron chi connectivity index (χ0n) is 10.1. The van der Waals surface area contributed by atoms with Crippen LogP contribution >= 0.6 is 0 Å². The zero-order chi connectivity index (χ0) is 11.4. The molecule has 1 radical (unpaired) electrons. The molecule has 0 aliphatic carbocycles. The van der Waals surface area contributed by atoms with Crippen LogP contribution in [0.2, 0.25) is 0 Å². The van der Waals surface area contributed by atoms with E-state index >= 15 is 0 Å². The minimum atomic E-state index is 0.247. The summed E-state index contributed by atoms with van der Waals surface area (Å²) in [6.07, 6.45) is 2.62. The van der Waals surface area contributed by atoms with Crippen LogP contribution in [0.1, 0.15) is 38.2 Å². The molecule has 1 heterocycles. The summed E-state index contributed by atoms with van der Waals surface area (Å²) in [6, 6.07) is 8.54. The van der Waals surface area contributed by atoms with Crippen LogP contribution in [0, 0.1) is 0 Å². The minimum Gasteiger partial charge on any atom is -0.491 e. The number of nitrogens with zero attached hydrogens (tertiary/aromatic N) is 1. The average Bonchev–Trinajstić information content (AvgIpc) is 2.30. The van der Waals surface area contributed by atoms with E-state index in [0.717, 1.165) is 18.8 Å². The zero-order valence-corrected chi connectivity index (χ0v) is 10.1. The van der Waals surface area contributed by atoms with Gasteiger partial charge in [-0.05, 0) is 50.3 Å². The van der Waals surface area contributed by atoms with E-state index in [1.54, 1.807) is 0 Å². The number of rotatable bonds is 3. The molecule has 1 aromatic rings. The summed E-state index contributed by atoms with van der Waals surface area (Å²) in [7, 11) is 0. The molecule has 1 aromatic carbocycles. The number of hydrogen-bond donors (Lipinski definition) is 0. The molecule has 0 aromatic heterocycles. The van der Waals surface area contributed by atoms with Gasteiger partial charge in [-0.1, -0.05) is 12.1 Å². The van der Waals surface area contributed by atoms with E-state index in [9.17, 15) is 0 Å². The minimum absolute atomic E-state index is 0.247. The molecule has 2 rings (SSSR count). The van der Waals surface area contributed by atoms with E-state index in [4.69, 9.17) is 4.74 Å². The van der Waals surface area contributed by atoms with E-state index in [1.165, 1.54) is 18.4 Å². The van der Waals surface area contributed by atoms with Gasteiger partial charge in [-0.2, -0.15) is 0 Å². The predicted molar refractivity (Wildman–Crippen MR) is 66.0 cm³/mol. The van der Waals surface area contributed by atoms with Gasteiger partial charge in [0, 0.05) is 13.1 Å². The Kier molecular flexibility index (Phi) is 3.83. The topological polar surface area (TPSA) is 23.3 Å². The maximum absolute atomic E-state index is 5.72. The molecule has 2 heteroatoms. The maximum Gasteiger partial charge on any atom is 0.119 e. The highest BCUT2D eigenvalue weighted by Crippen LogP contribution is 2.28. The Morgan fingerprint density at radius 2 is 2.00 bits per heavy atom. The molecule has 87 valence electrons. The average molecular weight is 218 g/mol. The molecule has 2 nitrogen and oxygen atoms in total. The Morgan fingerprint density at radius 3 is 2.69 bits per heavy atom. The van der Waals surface area contributed by atoms with E-state index < -0.39 is 0 Å². The third kappa shape index (κ3) is 2.99. The highest BCUT2D eigenvalue weighted by atomic mass is 16.5. The lowest BCUT2D eigenvalue weighted by Crippen LogP contribution is -2.21. The molecule has 0 N–H and O–H groups in total. The molecular formula is C14H20NO. The van der Waals surface area contributed by atoms with Crippen molar-refractivity contribution in [1.82, 2.24) is 5.32 Å². The van der Waals surface area contributed by atoms with Crippen molar-refractivity contribution in [2.75, 3.05) is 13.1 Å². The van der Waals surface area contributed by atoms with Gasteiger partial charge in [-0.3, -0.25) is 0 Å². The van der Waals surface area contributed by atoms with Gasteiger partial charge in [0.05, 0.1) is 6.10 Å². The lowest BCUT2D eigenvalue weighted by Gasteiger charge is -2.22. The maximum atomic E-state index is 5.72. The van der Waals surface area contributed by atoms with Crippen LogP contribution in [0.5, 0.6) is 5.75 Å². The van der Waals surface area contributed by atoms with Crippen molar-refractivity contribution in [2.24, 2.45) is 0 Å². The highest BCUT2D eigenvalue weighted by Gasteiger charge is 2.16. The van der Waals surface area contributed by atoms with Crippen LogP contribution in [0.3, 0.4) is 0 Å². The Hall–Kier alpha value is -1.02. The molecule has 16 heavy (non-hydrogen) atoms. The molecule has 0 saturated carbocycles. The predicted octanol–water partition coefficient (Wildman–Crippen LogP) is 2.96. The molecule has 0 atom stereocenters. The van der Waals surface area contributed by atoms with Crippen molar-refractivity contribution in [3.05, 3.63) is 29.8 Å². The summed E-state index contributed by atoms with van der Waals surface area (Å²) >= 11 is 0. The Bertz CT molecular complexity index is 329. The summed E-state index contributed by atoms with van der Waals surface area (Å²) in [5.74, 6) is 1.67. The molecular weight excluding hydrogens is 198 g/mol. The van der Waals surface area contributed by atoms with Crippen LogP contribution < -0.4 is 10.1 Å². The lowest BCUT2D eigenvalue weighted by molar-refractivity contribution is 0.242. The van der Waals surface area contributed by atoms with Crippen molar-refractivity contribution < 1.29 is 4.74 Å². The summed E-state index contributed by atoms with van der Waals surface area (Å²) in [5, 5.41) is 4.39.